The van der Waals surface area contributed by atoms with Crippen LogP contribution in [0.2, 0.25) is 5.02 Å². The summed E-state index contributed by atoms with van der Waals surface area (Å²) in [6, 6.07) is 10.4. The molecule has 1 unspecified atom stereocenters. The summed E-state index contributed by atoms with van der Waals surface area (Å²) in [5, 5.41) is 3.91. The van der Waals surface area contributed by atoms with Crippen molar-refractivity contribution in [2.45, 2.75) is 26.4 Å². The molecule has 0 aliphatic heterocycles. The van der Waals surface area contributed by atoms with Crippen LogP contribution < -0.4 is 10.2 Å². The van der Waals surface area contributed by atoms with Crippen molar-refractivity contribution < 1.29 is 0 Å². The number of hydrogen-bond acceptors (Lipinski definition) is 3. The highest BCUT2D eigenvalue weighted by atomic mass is 35.5. The number of nitrogens with one attached hydrogen (secondary N) is 1. The molecule has 2 rings (SSSR count). The highest BCUT2D eigenvalue weighted by molar-refractivity contribution is 6.30. The summed E-state index contributed by atoms with van der Waals surface area (Å²) in [7, 11) is 4.02. The molecule has 0 radical (unpaired) electrons. The summed E-state index contributed by atoms with van der Waals surface area (Å²) in [6.07, 6.45) is 1.93. The number of halogens is 1. The van der Waals surface area contributed by atoms with Crippen molar-refractivity contribution in [3.63, 3.8) is 0 Å². The fourth-order valence-corrected chi connectivity index (χ4v) is 2.57. The van der Waals surface area contributed by atoms with E-state index in [2.05, 4.69) is 54.3 Å². The molecule has 0 bridgehead atoms. The first-order valence-electron chi connectivity index (χ1n) is 7.11. The van der Waals surface area contributed by atoms with Crippen molar-refractivity contribution in [3.8, 4) is 0 Å². The van der Waals surface area contributed by atoms with E-state index in [-0.39, 0.29) is 6.04 Å². The van der Waals surface area contributed by atoms with E-state index in [0.717, 1.165) is 17.4 Å². The van der Waals surface area contributed by atoms with Crippen molar-refractivity contribution in [3.05, 3.63) is 58.2 Å². The van der Waals surface area contributed by atoms with Crippen LogP contribution in [0.1, 0.15) is 29.7 Å². The van der Waals surface area contributed by atoms with Gasteiger partial charge in [0.1, 0.15) is 5.82 Å². The maximum atomic E-state index is 5.95. The Bertz CT molecular complexity index is 595. The molecule has 2 aromatic rings. The smallest absolute Gasteiger partial charge is 0.131 e. The molecule has 112 valence electrons. The van der Waals surface area contributed by atoms with Gasteiger partial charge in [0.15, 0.2) is 0 Å². The lowest BCUT2D eigenvalue weighted by Gasteiger charge is -2.28. The highest BCUT2D eigenvalue weighted by Crippen LogP contribution is 2.27. The van der Waals surface area contributed by atoms with Gasteiger partial charge in [-0.3, -0.25) is 0 Å². The minimum absolute atomic E-state index is 0.239. The molecule has 1 N–H and O–H groups in total. The zero-order valence-electron chi connectivity index (χ0n) is 13.0. The van der Waals surface area contributed by atoms with Gasteiger partial charge in [0.2, 0.25) is 0 Å². The molecular weight excluding hydrogens is 282 g/mol. The number of nitrogens with zero attached hydrogens (tertiary/aromatic N) is 2. The molecule has 1 heterocycles. The number of rotatable bonds is 5. The number of anilines is 1. The molecule has 1 aromatic heterocycles. The van der Waals surface area contributed by atoms with E-state index in [1.54, 1.807) is 0 Å². The predicted molar refractivity (Wildman–Crippen MR) is 90.0 cm³/mol. The summed E-state index contributed by atoms with van der Waals surface area (Å²) < 4.78 is 0. The van der Waals surface area contributed by atoms with Crippen molar-refractivity contribution in [2.75, 3.05) is 19.0 Å². The van der Waals surface area contributed by atoms with Crippen molar-refractivity contribution in [2.24, 2.45) is 0 Å². The molecule has 1 atom stereocenters. The topological polar surface area (TPSA) is 28.2 Å². The lowest BCUT2D eigenvalue weighted by molar-refractivity contribution is 0.723. The highest BCUT2D eigenvalue weighted by Gasteiger charge is 2.15. The first-order valence-corrected chi connectivity index (χ1v) is 7.49. The van der Waals surface area contributed by atoms with Gasteiger partial charge < -0.3 is 10.2 Å². The number of hydrogen-bond donors (Lipinski definition) is 1. The first kappa shape index (κ1) is 15.8. The fourth-order valence-electron chi connectivity index (χ4n) is 2.44. The van der Waals surface area contributed by atoms with Crippen LogP contribution in [-0.2, 0) is 6.54 Å². The summed E-state index contributed by atoms with van der Waals surface area (Å²) >= 11 is 5.95. The third-order valence-corrected chi connectivity index (χ3v) is 4.01. The molecule has 0 fully saturated rings. The number of pyridine rings is 1. The quantitative estimate of drug-likeness (QED) is 0.906. The second-order valence-corrected chi connectivity index (χ2v) is 5.79. The van der Waals surface area contributed by atoms with Gasteiger partial charge in [0.05, 0.1) is 6.04 Å². The van der Waals surface area contributed by atoms with Crippen LogP contribution in [0.15, 0.2) is 36.5 Å². The molecule has 4 heteroatoms. The van der Waals surface area contributed by atoms with Gasteiger partial charge in [-0.2, -0.15) is 0 Å². The Morgan fingerprint density at radius 2 is 1.95 bits per heavy atom. The Labute approximate surface area is 132 Å². The van der Waals surface area contributed by atoms with E-state index < -0.39 is 0 Å². The van der Waals surface area contributed by atoms with Crippen molar-refractivity contribution >= 4 is 17.4 Å². The molecule has 1 aromatic carbocycles. The normalized spacial score (nSPS) is 12.2. The third-order valence-electron chi connectivity index (χ3n) is 3.76. The Kier molecular flexibility index (Phi) is 5.21. The second kappa shape index (κ2) is 6.92. The van der Waals surface area contributed by atoms with Crippen LogP contribution >= 0.6 is 11.6 Å². The lowest BCUT2D eigenvalue weighted by Crippen LogP contribution is -2.23. The van der Waals surface area contributed by atoms with Crippen LogP contribution in [-0.4, -0.2) is 19.1 Å². The molecule has 21 heavy (non-hydrogen) atoms. The standard InChI is InChI=1S/C17H22ClN3/c1-12-9-14(10-19-3)11-20-17(12)21(4)13(2)15-5-7-16(18)8-6-15/h5-9,11,13,19H,10H2,1-4H3. The maximum absolute atomic E-state index is 5.95. The summed E-state index contributed by atoms with van der Waals surface area (Å²) in [4.78, 5) is 6.82. The van der Waals surface area contributed by atoms with Crippen molar-refractivity contribution in [1.82, 2.24) is 10.3 Å². The van der Waals surface area contributed by atoms with E-state index in [1.807, 2.05) is 25.4 Å². The molecule has 0 saturated carbocycles. The van der Waals surface area contributed by atoms with Gasteiger partial charge in [0, 0.05) is 24.8 Å². The zero-order valence-corrected chi connectivity index (χ0v) is 13.8. The average molecular weight is 304 g/mol. The summed E-state index contributed by atoms with van der Waals surface area (Å²) in [5.74, 6) is 1.01. The van der Waals surface area contributed by atoms with Crippen LogP contribution in [0.5, 0.6) is 0 Å². The van der Waals surface area contributed by atoms with Gasteiger partial charge in [-0.05, 0) is 55.8 Å². The van der Waals surface area contributed by atoms with Gasteiger partial charge in [-0.25, -0.2) is 4.98 Å². The van der Waals surface area contributed by atoms with E-state index in [0.29, 0.717) is 0 Å². The number of aromatic nitrogens is 1. The van der Waals surface area contributed by atoms with Gasteiger partial charge in [0.25, 0.3) is 0 Å². The Balaban J connectivity index is 2.22. The van der Waals surface area contributed by atoms with Gasteiger partial charge in [-0.1, -0.05) is 23.7 Å². The van der Waals surface area contributed by atoms with Gasteiger partial charge >= 0.3 is 0 Å². The molecule has 0 amide bonds. The minimum atomic E-state index is 0.239. The largest absolute Gasteiger partial charge is 0.353 e. The third kappa shape index (κ3) is 3.74. The Morgan fingerprint density at radius 1 is 1.29 bits per heavy atom. The number of aryl methyl sites for hydroxylation is 1. The minimum Gasteiger partial charge on any atom is -0.353 e. The monoisotopic (exact) mass is 303 g/mol. The molecule has 0 aliphatic carbocycles. The Morgan fingerprint density at radius 3 is 2.52 bits per heavy atom. The van der Waals surface area contributed by atoms with Gasteiger partial charge in [-0.15, -0.1) is 0 Å². The molecular formula is C17H22ClN3. The molecule has 3 nitrogen and oxygen atoms in total. The number of benzene rings is 1. The predicted octanol–water partition coefficient (Wildman–Crippen LogP) is 3.96. The van der Waals surface area contributed by atoms with Crippen molar-refractivity contribution in [1.29, 1.82) is 0 Å². The summed E-state index contributed by atoms with van der Waals surface area (Å²) in [5.41, 5.74) is 3.61. The zero-order chi connectivity index (χ0) is 15.4. The molecule has 0 aliphatic rings. The van der Waals surface area contributed by atoms with Crippen LogP contribution in [0.4, 0.5) is 5.82 Å². The maximum Gasteiger partial charge on any atom is 0.131 e. The second-order valence-electron chi connectivity index (χ2n) is 5.35. The molecule has 0 spiro atoms. The summed E-state index contributed by atoms with van der Waals surface area (Å²) in [6.45, 7) is 5.11. The van der Waals surface area contributed by atoms with E-state index in [4.69, 9.17) is 11.6 Å². The van der Waals surface area contributed by atoms with Crippen LogP contribution in [0.25, 0.3) is 0 Å². The van der Waals surface area contributed by atoms with E-state index in [9.17, 15) is 0 Å². The SMILES string of the molecule is CNCc1cnc(N(C)C(C)c2ccc(Cl)cc2)c(C)c1. The van der Waals surface area contributed by atoms with Crippen LogP contribution in [0.3, 0.4) is 0 Å². The van der Waals surface area contributed by atoms with E-state index in [1.165, 1.54) is 16.7 Å². The fraction of sp³-hybridized carbons (Fsp3) is 0.353. The average Bonchev–Trinajstić information content (AvgIpc) is 2.47. The molecule has 0 saturated heterocycles. The first-order chi connectivity index (χ1) is 10.0. The Hall–Kier alpha value is -1.58. The van der Waals surface area contributed by atoms with E-state index >= 15 is 0 Å². The lowest BCUT2D eigenvalue weighted by atomic mass is 10.1. The van der Waals surface area contributed by atoms with Crippen LogP contribution in [0, 0.1) is 6.92 Å².